The van der Waals surface area contributed by atoms with Crippen LogP contribution in [0.4, 0.5) is 13.2 Å². The van der Waals surface area contributed by atoms with E-state index in [4.69, 9.17) is 0 Å². The molecule has 8 heteroatoms. The largest absolute Gasteiger partial charge is 0.345 e. The number of hydrogen-bond donors (Lipinski definition) is 0. The summed E-state index contributed by atoms with van der Waals surface area (Å²) in [5, 5.41) is 5.49. The fourth-order valence-corrected chi connectivity index (χ4v) is 4.86. The molecule has 0 spiro atoms. The lowest BCUT2D eigenvalue weighted by molar-refractivity contribution is 0.0674. The van der Waals surface area contributed by atoms with Crippen molar-refractivity contribution in [2.75, 3.05) is 13.2 Å². The van der Waals surface area contributed by atoms with Crippen molar-refractivity contribution in [2.24, 2.45) is 7.05 Å². The van der Waals surface area contributed by atoms with Gasteiger partial charge in [0.2, 0.25) is 0 Å². The summed E-state index contributed by atoms with van der Waals surface area (Å²) in [6, 6.07) is 10.5. The maximum Gasteiger partial charge on any atom is 0.254 e. The van der Waals surface area contributed by atoms with Gasteiger partial charge in [-0.05, 0) is 49.7 Å². The van der Waals surface area contributed by atoms with Gasteiger partial charge in [0.1, 0.15) is 18.3 Å². The number of alkyl halides is 1. The van der Waals surface area contributed by atoms with E-state index in [1.165, 1.54) is 12.1 Å². The zero-order chi connectivity index (χ0) is 23.3. The van der Waals surface area contributed by atoms with E-state index in [1.54, 1.807) is 22.7 Å². The number of amides is 1. The van der Waals surface area contributed by atoms with E-state index in [9.17, 15) is 18.0 Å². The van der Waals surface area contributed by atoms with Gasteiger partial charge in [-0.25, -0.2) is 13.2 Å². The van der Waals surface area contributed by atoms with Crippen molar-refractivity contribution in [2.45, 2.75) is 25.9 Å². The Morgan fingerprint density at radius 3 is 2.61 bits per heavy atom. The Balaban J connectivity index is 1.47. The zero-order valence-corrected chi connectivity index (χ0v) is 18.4. The highest BCUT2D eigenvalue weighted by Gasteiger charge is 2.33. The first kappa shape index (κ1) is 21.3. The van der Waals surface area contributed by atoms with Gasteiger partial charge in [-0.2, -0.15) is 5.10 Å². The normalized spacial score (nSPS) is 15.8. The van der Waals surface area contributed by atoms with Crippen LogP contribution in [0.15, 0.2) is 48.7 Å². The highest BCUT2D eigenvalue weighted by Crippen LogP contribution is 2.36. The first-order valence-electron chi connectivity index (χ1n) is 10.9. The first-order valence-corrected chi connectivity index (χ1v) is 10.9. The summed E-state index contributed by atoms with van der Waals surface area (Å²) >= 11 is 0. The third-order valence-corrected chi connectivity index (χ3v) is 6.38. The minimum atomic E-state index is -0.642. The summed E-state index contributed by atoms with van der Waals surface area (Å²) in [5.74, 6) is -1.40. The van der Waals surface area contributed by atoms with Crippen molar-refractivity contribution < 1.29 is 18.0 Å². The van der Waals surface area contributed by atoms with Gasteiger partial charge < -0.3 is 9.47 Å². The molecule has 0 saturated carbocycles. The van der Waals surface area contributed by atoms with Crippen LogP contribution in [-0.4, -0.2) is 38.4 Å². The molecule has 0 saturated heterocycles. The smallest absolute Gasteiger partial charge is 0.254 e. The van der Waals surface area contributed by atoms with Crippen LogP contribution >= 0.6 is 0 Å². The average Bonchev–Trinajstić information content (AvgIpc) is 3.33. The molecule has 1 aliphatic heterocycles. The van der Waals surface area contributed by atoms with Gasteiger partial charge in [-0.15, -0.1) is 0 Å². The number of hydrogen-bond acceptors (Lipinski definition) is 2. The summed E-state index contributed by atoms with van der Waals surface area (Å²) in [6.07, 6.45) is 2.35. The van der Waals surface area contributed by atoms with E-state index in [-0.39, 0.29) is 18.5 Å². The van der Waals surface area contributed by atoms with Crippen LogP contribution < -0.4 is 0 Å². The lowest BCUT2D eigenvalue weighted by atomic mass is 9.95. The predicted molar refractivity (Wildman–Crippen MR) is 120 cm³/mol. The number of carbonyl (C=O) groups is 1. The van der Waals surface area contributed by atoms with Crippen LogP contribution in [0, 0.1) is 11.6 Å². The van der Waals surface area contributed by atoms with Gasteiger partial charge in [0.25, 0.3) is 5.91 Å². The topological polar surface area (TPSA) is 43.1 Å². The van der Waals surface area contributed by atoms with Gasteiger partial charge in [0.05, 0.1) is 24.0 Å². The highest BCUT2D eigenvalue weighted by atomic mass is 19.1. The molecule has 2 aromatic carbocycles. The van der Waals surface area contributed by atoms with Crippen LogP contribution in [0.25, 0.3) is 22.2 Å². The van der Waals surface area contributed by atoms with E-state index in [0.717, 1.165) is 28.2 Å². The number of nitrogens with zero attached hydrogens (tertiary/aromatic N) is 4. The third-order valence-electron chi connectivity index (χ3n) is 6.38. The van der Waals surface area contributed by atoms with Gasteiger partial charge in [0.15, 0.2) is 0 Å². The van der Waals surface area contributed by atoms with Crippen LogP contribution in [0.5, 0.6) is 0 Å². The van der Waals surface area contributed by atoms with Crippen molar-refractivity contribution in [3.8, 4) is 11.3 Å². The van der Waals surface area contributed by atoms with Crippen molar-refractivity contribution in [3.05, 3.63) is 77.1 Å². The highest BCUT2D eigenvalue weighted by molar-refractivity contribution is 5.98. The van der Waals surface area contributed by atoms with Crippen molar-refractivity contribution >= 4 is 16.8 Å². The van der Waals surface area contributed by atoms with Crippen LogP contribution in [0.3, 0.4) is 0 Å². The molecule has 0 N–H and O–H groups in total. The molecule has 1 atom stereocenters. The zero-order valence-electron chi connectivity index (χ0n) is 18.4. The molecule has 0 fully saturated rings. The summed E-state index contributed by atoms with van der Waals surface area (Å²) in [5.41, 5.74) is 4.16. The Morgan fingerprint density at radius 1 is 1.12 bits per heavy atom. The minimum absolute atomic E-state index is 0.114. The van der Waals surface area contributed by atoms with Crippen LogP contribution in [0.1, 0.15) is 34.6 Å². The molecular formula is C25H23F3N4O. The maximum absolute atomic E-state index is 13.8. The number of carbonyl (C=O) groups excluding carboxylic acids is 1. The van der Waals surface area contributed by atoms with Crippen molar-refractivity contribution in [1.82, 2.24) is 19.2 Å². The van der Waals surface area contributed by atoms with Crippen LogP contribution in [-0.2, 0) is 20.0 Å². The fraction of sp³-hybridized carbons (Fsp3) is 0.280. The Labute approximate surface area is 189 Å². The molecule has 170 valence electrons. The minimum Gasteiger partial charge on any atom is -0.345 e. The van der Waals surface area contributed by atoms with Crippen molar-refractivity contribution in [1.29, 1.82) is 0 Å². The molecule has 4 aromatic rings. The molecule has 0 unspecified atom stereocenters. The van der Waals surface area contributed by atoms with E-state index >= 15 is 0 Å². The van der Waals surface area contributed by atoms with Gasteiger partial charge >= 0.3 is 0 Å². The van der Waals surface area contributed by atoms with E-state index in [0.29, 0.717) is 29.8 Å². The van der Waals surface area contributed by atoms with Crippen molar-refractivity contribution in [3.63, 3.8) is 0 Å². The fourth-order valence-electron chi connectivity index (χ4n) is 4.86. The second kappa shape index (κ2) is 8.10. The van der Waals surface area contributed by atoms with Gasteiger partial charge in [0, 0.05) is 53.4 Å². The van der Waals surface area contributed by atoms with Gasteiger partial charge in [-0.1, -0.05) is 0 Å². The number of fused-ring (bicyclic) bond motifs is 2. The number of aryl methyl sites for hydroxylation is 2. The van der Waals surface area contributed by atoms with E-state index in [1.807, 2.05) is 35.9 Å². The molecule has 3 heterocycles. The SMILES string of the molecule is C[C@H]1c2nn(C)c(-c3cc(F)cc(F)c3)c2CCN1C(=O)c1ccc2c(ccn2CCF)c1. The Kier molecular flexibility index (Phi) is 5.23. The standard InChI is InChI=1S/C25H23F3N4O/c1-15-23-21(24(30(2)29-23)18-12-19(27)14-20(28)13-18)6-9-32(15)25(33)17-3-4-22-16(11-17)5-8-31(22)10-7-26/h3-5,8,11-15H,6-7,9-10H2,1-2H3/t15-/m0/s1. The Hall–Kier alpha value is -3.55. The lowest BCUT2D eigenvalue weighted by Crippen LogP contribution is -2.38. The summed E-state index contributed by atoms with van der Waals surface area (Å²) in [7, 11) is 1.74. The predicted octanol–water partition coefficient (Wildman–Crippen LogP) is 5.05. The molecule has 0 aliphatic carbocycles. The number of aromatic nitrogens is 3. The molecule has 5 nitrogen and oxygen atoms in total. The summed E-state index contributed by atoms with van der Waals surface area (Å²) in [4.78, 5) is 15.1. The third kappa shape index (κ3) is 3.59. The molecule has 1 aliphatic rings. The lowest BCUT2D eigenvalue weighted by Gasteiger charge is -2.33. The average molecular weight is 452 g/mol. The quantitative estimate of drug-likeness (QED) is 0.435. The van der Waals surface area contributed by atoms with Crippen LogP contribution in [0.2, 0.25) is 0 Å². The van der Waals surface area contributed by atoms with E-state index < -0.39 is 18.3 Å². The number of rotatable bonds is 4. The summed E-state index contributed by atoms with van der Waals surface area (Å²) in [6.45, 7) is 2.20. The first-order chi connectivity index (χ1) is 15.9. The molecular weight excluding hydrogens is 429 g/mol. The Bertz CT molecular complexity index is 1350. The molecule has 5 rings (SSSR count). The molecule has 0 bridgehead atoms. The molecule has 33 heavy (non-hydrogen) atoms. The molecule has 1 amide bonds. The molecule has 2 aromatic heterocycles. The molecule has 0 radical (unpaired) electrons. The number of halogens is 3. The Morgan fingerprint density at radius 2 is 1.88 bits per heavy atom. The van der Waals surface area contributed by atoms with Gasteiger partial charge in [-0.3, -0.25) is 9.48 Å². The second-order valence-electron chi connectivity index (χ2n) is 8.39. The monoisotopic (exact) mass is 452 g/mol. The second-order valence-corrected chi connectivity index (χ2v) is 8.39. The maximum atomic E-state index is 13.8. The number of benzene rings is 2. The summed E-state index contributed by atoms with van der Waals surface area (Å²) < 4.78 is 43.9. The van der Waals surface area contributed by atoms with E-state index in [2.05, 4.69) is 5.10 Å².